The van der Waals surface area contributed by atoms with E-state index in [1.165, 1.54) is 4.90 Å². The zero-order chi connectivity index (χ0) is 14.7. The Morgan fingerprint density at radius 1 is 1.25 bits per heavy atom. The quantitative estimate of drug-likeness (QED) is 0.818. The van der Waals surface area contributed by atoms with Crippen molar-refractivity contribution >= 4 is 39.1 Å². The molecule has 0 bridgehead atoms. The van der Waals surface area contributed by atoms with Crippen molar-refractivity contribution in [1.29, 1.82) is 0 Å². The van der Waals surface area contributed by atoms with Gasteiger partial charge in [0.1, 0.15) is 5.75 Å². The maximum atomic E-state index is 12.5. The zero-order valence-corrected chi connectivity index (χ0v) is 13.4. The summed E-state index contributed by atoms with van der Waals surface area (Å²) in [7, 11) is 3.28. The van der Waals surface area contributed by atoms with Crippen LogP contribution in [0.1, 0.15) is 10.4 Å². The zero-order valence-electron chi connectivity index (χ0n) is 11.1. The minimum atomic E-state index is -0.155. The molecule has 0 unspecified atom stereocenters. The molecule has 104 valence electrons. The van der Waals surface area contributed by atoms with Crippen LogP contribution in [-0.4, -0.2) is 20.1 Å². The number of anilines is 1. The molecule has 5 heteroatoms. The molecule has 0 atom stereocenters. The van der Waals surface area contributed by atoms with Gasteiger partial charge in [-0.15, -0.1) is 0 Å². The summed E-state index contributed by atoms with van der Waals surface area (Å²) in [5, 5.41) is 0.510. The predicted molar refractivity (Wildman–Crippen MR) is 84.9 cm³/mol. The van der Waals surface area contributed by atoms with Crippen LogP contribution < -0.4 is 9.64 Å². The molecule has 0 heterocycles. The van der Waals surface area contributed by atoms with Crippen molar-refractivity contribution in [2.45, 2.75) is 0 Å². The Kier molecular flexibility index (Phi) is 4.68. The van der Waals surface area contributed by atoms with Gasteiger partial charge in [-0.3, -0.25) is 4.79 Å². The van der Waals surface area contributed by atoms with Gasteiger partial charge < -0.3 is 9.64 Å². The average Bonchev–Trinajstić information content (AvgIpc) is 2.44. The lowest BCUT2D eigenvalue weighted by atomic mass is 10.2. The number of carbonyl (C=O) groups is 1. The van der Waals surface area contributed by atoms with Crippen LogP contribution in [0.25, 0.3) is 0 Å². The van der Waals surface area contributed by atoms with E-state index in [4.69, 9.17) is 16.3 Å². The maximum Gasteiger partial charge on any atom is 0.258 e. The molecule has 0 aliphatic rings. The highest BCUT2D eigenvalue weighted by atomic mass is 79.9. The number of benzene rings is 2. The lowest BCUT2D eigenvalue weighted by Crippen LogP contribution is -2.26. The third-order valence-corrected chi connectivity index (χ3v) is 3.54. The van der Waals surface area contributed by atoms with Gasteiger partial charge in [-0.2, -0.15) is 0 Å². The number of hydrogen-bond acceptors (Lipinski definition) is 2. The van der Waals surface area contributed by atoms with Crippen molar-refractivity contribution in [3.8, 4) is 5.75 Å². The highest BCUT2D eigenvalue weighted by Crippen LogP contribution is 2.28. The molecule has 2 rings (SSSR count). The second-order valence-corrected chi connectivity index (χ2v) is 5.55. The highest BCUT2D eigenvalue weighted by Gasteiger charge is 2.17. The topological polar surface area (TPSA) is 29.5 Å². The Morgan fingerprint density at radius 2 is 1.95 bits per heavy atom. The molecule has 2 aromatic rings. The van der Waals surface area contributed by atoms with E-state index >= 15 is 0 Å². The second-order valence-electron chi connectivity index (χ2n) is 4.19. The summed E-state index contributed by atoms with van der Waals surface area (Å²) in [4.78, 5) is 14.0. The highest BCUT2D eigenvalue weighted by molar-refractivity contribution is 9.10. The molecule has 0 saturated carbocycles. The molecule has 0 spiro atoms. The fourth-order valence-electron chi connectivity index (χ4n) is 1.89. The lowest BCUT2D eigenvalue weighted by molar-refractivity contribution is 0.0992. The van der Waals surface area contributed by atoms with Crippen molar-refractivity contribution < 1.29 is 9.53 Å². The molecule has 0 fully saturated rings. The van der Waals surface area contributed by atoms with Crippen LogP contribution >= 0.6 is 27.5 Å². The molecular weight excluding hydrogens is 342 g/mol. The van der Waals surface area contributed by atoms with Gasteiger partial charge in [0.25, 0.3) is 5.91 Å². The van der Waals surface area contributed by atoms with Crippen LogP contribution in [-0.2, 0) is 0 Å². The Morgan fingerprint density at radius 3 is 2.60 bits per heavy atom. The normalized spacial score (nSPS) is 10.2. The number of halogens is 2. The van der Waals surface area contributed by atoms with Gasteiger partial charge in [-0.25, -0.2) is 0 Å². The van der Waals surface area contributed by atoms with E-state index < -0.39 is 0 Å². The van der Waals surface area contributed by atoms with E-state index in [1.54, 1.807) is 32.4 Å². The molecule has 20 heavy (non-hydrogen) atoms. The molecule has 0 radical (unpaired) electrons. The number of nitrogens with zero attached hydrogens (tertiary/aromatic N) is 1. The first-order valence-electron chi connectivity index (χ1n) is 5.90. The molecular formula is C15H13BrClNO2. The SMILES string of the molecule is COc1ccccc1N(C)C(=O)c1cc(Cl)cc(Br)c1. The number of methoxy groups -OCH3 is 1. The standard InChI is InChI=1S/C15H13BrClNO2/c1-18(13-5-3-4-6-14(13)20-2)15(19)10-7-11(16)9-12(17)8-10/h3-9H,1-2H3. The second kappa shape index (κ2) is 6.29. The Bertz CT molecular complexity index is 625. The van der Waals surface area contributed by atoms with Gasteiger partial charge in [-0.05, 0) is 30.3 Å². The first-order valence-corrected chi connectivity index (χ1v) is 7.07. The number of para-hydroxylation sites is 2. The van der Waals surface area contributed by atoms with Crippen LogP contribution in [0.4, 0.5) is 5.69 Å². The summed E-state index contributed by atoms with van der Waals surface area (Å²) >= 11 is 9.31. The van der Waals surface area contributed by atoms with Crippen molar-refractivity contribution in [1.82, 2.24) is 0 Å². The van der Waals surface area contributed by atoms with Gasteiger partial charge in [0, 0.05) is 22.1 Å². The van der Waals surface area contributed by atoms with Crippen molar-refractivity contribution in [2.75, 3.05) is 19.1 Å². The van der Waals surface area contributed by atoms with Crippen molar-refractivity contribution in [3.63, 3.8) is 0 Å². The van der Waals surface area contributed by atoms with Crippen LogP contribution in [0.2, 0.25) is 5.02 Å². The third kappa shape index (κ3) is 3.14. The Balaban J connectivity index is 2.37. The molecule has 0 saturated heterocycles. The van der Waals surface area contributed by atoms with Crippen molar-refractivity contribution in [2.24, 2.45) is 0 Å². The average molecular weight is 355 g/mol. The van der Waals surface area contributed by atoms with Crippen molar-refractivity contribution in [3.05, 3.63) is 57.5 Å². The summed E-state index contributed by atoms with van der Waals surface area (Å²) in [6, 6.07) is 12.5. The van der Waals surface area contributed by atoms with Gasteiger partial charge in [0.2, 0.25) is 0 Å². The fourth-order valence-corrected chi connectivity index (χ4v) is 2.75. The van der Waals surface area contributed by atoms with E-state index in [-0.39, 0.29) is 5.91 Å². The monoisotopic (exact) mass is 353 g/mol. The minimum absolute atomic E-state index is 0.155. The Hall–Kier alpha value is -1.52. The van der Waals surface area contributed by atoms with E-state index in [2.05, 4.69) is 15.9 Å². The molecule has 3 nitrogen and oxygen atoms in total. The number of hydrogen-bond donors (Lipinski definition) is 0. The fraction of sp³-hybridized carbons (Fsp3) is 0.133. The van der Waals surface area contributed by atoms with Gasteiger partial charge in [-0.1, -0.05) is 39.7 Å². The molecule has 0 N–H and O–H groups in total. The van der Waals surface area contributed by atoms with Crippen LogP contribution in [0.5, 0.6) is 5.75 Å². The van der Waals surface area contributed by atoms with Gasteiger partial charge >= 0.3 is 0 Å². The molecule has 0 aromatic heterocycles. The van der Waals surface area contributed by atoms with Gasteiger partial charge in [0.15, 0.2) is 0 Å². The maximum absolute atomic E-state index is 12.5. The molecule has 1 amide bonds. The first kappa shape index (κ1) is 14.9. The molecule has 0 aliphatic heterocycles. The predicted octanol–water partition coefficient (Wildman–Crippen LogP) is 4.39. The number of carbonyl (C=O) groups excluding carboxylic acids is 1. The van der Waals surface area contributed by atoms with Gasteiger partial charge in [0.05, 0.1) is 12.8 Å². The van der Waals surface area contributed by atoms with E-state index in [1.807, 2.05) is 24.3 Å². The largest absolute Gasteiger partial charge is 0.495 e. The minimum Gasteiger partial charge on any atom is -0.495 e. The van der Waals surface area contributed by atoms with Crippen LogP contribution in [0.15, 0.2) is 46.9 Å². The molecule has 2 aromatic carbocycles. The smallest absolute Gasteiger partial charge is 0.258 e. The summed E-state index contributed by atoms with van der Waals surface area (Å²) in [5.74, 6) is 0.488. The summed E-state index contributed by atoms with van der Waals surface area (Å²) in [5.41, 5.74) is 1.22. The number of amides is 1. The van der Waals surface area contributed by atoms with E-state index in [9.17, 15) is 4.79 Å². The Labute approximate surface area is 131 Å². The first-order chi connectivity index (χ1) is 9.52. The lowest BCUT2D eigenvalue weighted by Gasteiger charge is -2.20. The molecule has 0 aliphatic carbocycles. The third-order valence-electron chi connectivity index (χ3n) is 2.86. The number of rotatable bonds is 3. The van der Waals surface area contributed by atoms with Crippen LogP contribution in [0, 0.1) is 0 Å². The summed E-state index contributed by atoms with van der Waals surface area (Å²) in [6.07, 6.45) is 0. The van der Waals surface area contributed by atoms with E-state index in [0.29, 0.717) is 22.0 Å². The summed E-state index contributed by atoms with van der Waals surface area (Å²) < 4.78 is 6.04. The van der Waals surface area contributed by atoms with Crippen LogP contribution in [0.3, 0.4) is 0 Å². The summed E-state index contributed by atoms with van der Waals surface area (Å²) in [6.45, 7) is 0. The van der Waals surface area contributed by atoms with E-state index in [0.717, 1.165) is 4.47 Å². The number of ether oxygens (including phenoxy) is 1.